The Bertz CT molecular complexity index is 292. The van der Waals surface area contributed by atoms with Gasteiger partial charge in [0.1, 0.15) is 11.4 Å². The molecule has 13 heavy (non-hydrogen) atoms. The summed E-state index contributed by atoms with van der Waals surface area (Å²) in [5, 5.41) is 8.91. The molecule has 0 fully saturated rings. The molecule has 0 radical (unpaired) electrons. The van der Waals surface area contributed by atoms with Gasteiger partial charge < -0.3 is 11.1 Å². The number of nitrogens with one attached hydrogen (secondary N) is 2. The van der Waals surface area contributed by atoms with E-state index in [0.29, 0.717) is 23.8 Å². The maximum atomic E-state index is 11.4. The molecule has 0 aliphatic carbocycles. The summed E-state index contributed by atoms with van der Waals surface area (Å²) in [4.78, 5) is 11.4. The summed E-state index contributed by atoms with van der Waals surface area (Å²) in [5.74, 6) is 0.554. The third-order valence-corrected chi connectivity index (χ3v) is 1.58. The van der Waals surface area contributed by atoms with E-state index in [4.69, 9.17) is 5.73 Å². The second-order valence-electron chi connectivity index (χ2n) is 3.30. The number of hydrogen-bond acceptors (Lipinski definition) is 3. The molecule has 5 heteroatoms. The van der Waals surface area contributed by atoms with Crippen molar-refractivity contribution in [2.24, 2.45) is 5.92 Å². The van der Waals surface area contributed by atoms with E-state index in [0.717, 1.165) is 0 Å². The summed E-state index contributed by atoms with van der Waals surface area (Å²) >= 11 is 0. The molecule has 0 saturated carbocycles. The Morgan fingerprint density at radius 1 is 1.77 bits per heavy atom. The number of rotatable bonds is 3. The Morgan fingerprint density at radius 2 is 2.46 bits per heavy atom. The van der Waals surface area contributed by atoms with E-state index < -0.39 is 0 Å². The highest BCUT2D eigenvalue weighted by atomic mass is 16.1. The van der Waals surface area contributed by atoms with Crippen LogP contribution in [0.15, 0.2) is 6.20 Å². The number of hydrogen-bond donors (Lipinski definition) is 3. The van der Waals surface area contributed by atoms with E-state index in [1.807, 2.05) is 13.8 Å². The normalized spacial score (nSPS) is 10.4. The van der Waals surface area contributed by atoms with Crippen molar-refractivity contribution in [2.75, 3.05) is 12.3 Å². The van der Waals surface area contributed by atoms with Gasteiger partial charge in [-0.1, -0.05) is 13.8 Å². The van der Waals surface area contributed by atoms with Gasteiger partial charge in [-0.15, -0.1) is 0 Å². The van der Waals surface area contributed by atoms with Crippen LogP contribution in [0.25, 0.3) is 0 Å². The number of anilines is 1. The van der Waals surface area contributed by atoms with Crippen LogP contribution in [-0.2, 0) is 0 Å². The monoisotopic (exact) mass is 182 g/mol. The third-order valence-electron chi connectivity index (χ3n) is 1.58. The van der Waals surface area contributed by atoms with Crippen LogP contribution in [0, 0.1) is 5.92 Å². The first-order valence-electron chi connectivity index (χ1n) is 4.18. The van der Waals surface area contributed by atoms with Crippen molar-refractivity contribution in [3.05, 3.63) is 11.8 Å². The molecule has 1 aromatic heterocycles. The van der Waals surface area contributed by atoms with Gasteiger partial charge in [0, 0.05) is 6.54 Å². The van der Waals surface area contributed by atoms with Crippen molar-refractivity contribution in [1.82, 2.24) is 15.5 Å². The molecule has 72 valence electrons. The second-order valence-corrected chi connectivity index (χ2v) is 3.30. The number of nitrogens with zero attached hydrogens (tertiary/aromatic N) is 1. The molecule has 0 atom stereocenters. The van der Waals surface area contributed by atoms with E-state index in [-0.39, 0.29) is 5.91 Å². The van der Waals surface area contributed by atoms with Crippen molar-refractivity contribution in [3.8, 4) is 0 Å². The van der Waals surface area contributed by atoms with E-state index in [2.05, 4.69) is 15.5 Å². The van der Waals surface area contributed by atoms with E-state index in [9.17, 15) is 4.79 Å². The largest absolute Gasteiger partial charge is 0.383 e. The molecular weight excluding hydrogens is 168 g/mol. The summed E-state index contributed by atoms with van der Waals surface area (Å²) in [6.07, 6.45) is 1.42. The summed E-state index contributed by atoms with van der Waals surface area (Å²) in [6, 6.07) is 0. The fourth-order valence-corrected chi connectivity index (χ4v) is 0.869. The first-order chi connectivity index (χ1) is 6.11. The third kappa shape index (κ3) is 2.47. The van der Waals surface area contributed by atoms with Crippen LogP contribution in [0.2, 0.25) is 0 Å². The predicted octanol–water partition coefficient (Wildman–Crippen LogP) is 0.378. The first-order valence-corrected chi connectivity index (χ1v) is 4.18. The highest BCUT2D eigenvalue weighted by Crippen LogP contribution is 2.05. The van der Waals surface area contributed by atoms with Crippen molar-refractivity contribution < 1.29 is 4.79 Å². The molecule has 0 spiro atoms. The SMILES string of the molecule is CC(C)CNC(=O)c1cn[nH]c1N. The van der Waals surface area contributed by atoms with Crippen LogP contribution in [-0.4, -0.2) is 22.6 Å². The Balaban J connectivity index is 2.54. The van der Waals surface area contributed by atoms with Crippen molar-refractivity contribution in [1.29, 1.82) is 0 Å². The fraction of sp³-hybridized carbons (Fsp3) is 0.500. The lowest BCUT2D eigenvalue weighted by Crippen LogP contribution is -2.27. The van der Waals surface area contributed by atoms with Gasteiger partial charge in [-0.2, -0.15) is 5.10 Å². The van der Waals surface area contributed by atoms with Gasteiger partial charge in [0.05, 0.1) is 6.20 Å². The van der Waals surface area contributed by atoms with Crippen LogP contribution in [0.1, 0.15) is 24.2 Å². The molecule has 5 nitrogen and oxygen atoms in total. The van der Waals surface area contributed by atoms with Crippen LogP contribution < -0.4 is 11.1 Å². The first kappa shape index (κ1) is 9.57. The zero-order chi connectivity index (χ0) is 9.84. The molecule has 0 bridgehead atoms. The molecule has 0 aliphatic heterocycles. The quantitative estimate of drug-likeness (QED) is 0.631. The average Bonchev–Trinajstić information content (AvgIpc) is 2.47. The molecule has 1 heterocycles. The number of aromatic amines is 1. The highest BCUT2D eigenvalue weighted by molar-refractivity contribution is 5.98. The van der Waals surface area contributed by atoms with E-state index in [1.165, 1.54) is 6.20 Å². The zero-order valence-electron chi connectivity index (χ0n) is 7.79. The van der Waals surface area contributed by atoms with Crippen LogP contribution >= 0.6 is 0 Å². The molecule has 0 aliphatic rings. The fourth-order valence-electron chi connectivity index (χ4n) is 0.869. The van der Waals surface area contributed by atoms with Gasteiger partial charge >= 0.3 is 0 Å². The number of H-pyrrole nitrogens is 1. The summed E-state index contributed by atoms with van der Waals surface area (Å²) in [6.45, 7) is 4.70. The number of amides is 1. The maximum Gasteiger partial charge on any atom is 0.256 e. The number of carbonyl (C=O) groups is 1. The molecule has 0 aromatic carbocycles. The standard InChI is InChI=1S/C8H14N4O/c1-5(2)3-10-8(13)6-4-11-12-7(6)9/h4-5H,3H2,1-2H3,(H,10,13)(H3,9,11,12). The minimum absolute atomic E-state index is 0.181. The number of nitrogens with two attached hydrogens (primary N) is 1. The van der Waals surface area contributed by atoms with E-state index in [1.54, 1.807) is 0 Å². The Hall–Kier alpha value is -1.52. The minimum atomic E-state index is -0.181. The highest BCUT2D eigenvalue weighted by Gasteiger charge is 2.10. The van der Waals surface area contributed by atoms with E-state index >= 15 is 0 Å². The molecule has 0 unspecified atom stereocenters. The van der Waals surface area contributed by atoms with Crippen molar-refractivity contribution >= 4 is 11.7 Å². The molecular formula is C8H14N4O. The lowest BCUT2D eigenvalue weighted by molar-refractivity contribution is 0.0950. The summed E-state index contributed by atoms with van der Waals surface area (Å²) in [7, 11) is 0. The predicted molar refractivity (Wildman–Crippen MR) is 50.2 cm³/mol. The van der Waals surface area contributed by atoms with Crippen LogP contribution in [0.4, 0.5) is 5.82 Å². The van der Waals surface area contributed by atoms with Gasteiger partial charge in [-0.3, -0.25) is 9.89 Å². The molecule has 1 amide bonds. The van der Waals surface area contributed by atoms with Gasteiger partial charge in [-0.25, -0.2) is 0 Å². The maximum absolute atomic E-state index is 11.4. The lowest BCUT2D eigenvalue weighted by Gasteiger charge is -2.06. The number of carbonyl (C=O) groups excluding carboxylic acids is 1. The van der Waals surface area contributed by atoms with Crippen LogP contribution in [0.3, 0.4) is 0 Å². The molecule has 1 aromatic rings. The minimum Gasteiger partial charge on any atom is -0.383 e. The van der Waals surface area contributed by atoms with Gasteiger partial charge in [0.2, 0.25) is 0 Å². The Kier molecular flexibility index (Phi) is 2.89. The zero-order valence-corrected chi connectivity index (χ0v) is 7.79. The summed E-state index contributed by atoms with van der Waals surface area (Å²) < 4.78 is 0. The van der Waals surface area contributed by atoms with Gasteiger partial charge in [-0.05, 0) is 5.92 Å². The smallest absolute Gasteiger partial charge is 0.256 e. The second kappa shape index (κ2) is 3.93. The average molecular weight is 182 g/mol. The topological polar surface area (TPSA) is 83.8 Å². The molecule has 1 rings (SSSR count). The van der Waals surface area contributed by atoms with Gasteiger partial charge in [0.15, 0.2) is 0 Å². The number of aromatic nitrogens is 2. The van der Waals surface area contributed by atoms with Crippen LogP contribution in [0.5, 0.6) is 0 Å². The van der Waals surface area contributed by atoms with Crippen molar-refractivity contribution in [2.45, 2.75) is 13.8 Å². The Morgan fingerprint density at radius 3 is 2.92 bits per heavy atom. The Labute approximate surface area is 76.7 Å². The molecule has 4 N–H and O–H groups in total. The lowest BCUT2D eigenvalue weighted by atomic mass is 10.2. The van der Waals surface area contributed by atoms with Crippen molar-refractivity contribution in [3.63, 3.8) is 0 Å². The van der Waals surface area contributed by atoms with Gasteiger partial charge in [0.25, 0.3) is 5.91 Å². The number of nitrogen functional groups attached to an aromatic ring is 1. The molecule has 0 saturated heterocycles. The summed E-state index contributed by atoms with van der Waals surface area (Å²) in [5.41, 5.74) is 5.87.